The molecule has 3 heterocycles. The molecule has 3 aromatic carbocycles. The number of ether oxygens (including phenoxy) is 1. The van der Waals surface area contributed by atoms with E-state index in [1.54, 1.807) is 12.1 Å². The summed E-state index contributed by atoms with van der Waals surface area (Å²) in [5, 5.41) is 12.9. The highest BCUT2D eigenvalue weighted by Gasteiger charge is 2.35. The van der Waals surface area contributed by atoms with Crippen LogP contribution in [-0.4, -0.2) is 56.1 Å². The Balaban J connectivity index is 1.08. The average Bonchev–Trinajstić information content (AvgIpc) is 3.68. The van der Waals surface area contributed by atoms with Crippen molar-refractivity contribution in [3.8, 4) is 28.3 Å². The lowest BCUT2D eigenvalue weighted by molar-refractivity contribution is -0.0509. The van der Waals surface area contributed by atoms with Crippen LogP contribution in [-0.2, 0) is 26.6 Å². The predicted octanol–water partition coefficient (Wildman–Crippen LogP) is 8.78. The van der Waals surface area contributed by atoms with Crippen LogP contribution in [0.15, 0.2) is 52.9 Å². The Hall–Kier alpha value is -4.46. The van der Waals surface area contributed by atoms with Gasteiger partial charge in [0.25, 0.3) is 5.91 Å². The van der Waals surface area contributed by atoms with Crippen molar-refractivity contribution >= 4 is 34.3 Å². The second-order valence-electron chi connectivity index (χ2n) is 13.6. The van der Waals surface area contributed by atoms with Crippen molar-refractivity contribution in [1.82, 2.24) is 19.4 Å². The molecule has 274 valence electrons. The molecular weight excluding hydrogens is 702 g/mol. The number of aliphatic hydroxyl groups excluding tert-OH is 1. The summed E-state index contributed by atoms with van der Waals surface area (Å²) in [6.45, 7) is 0.506. The Bertz CT molecular complexity index is 2120. The van der Waals surface area contributed by atoms with Crippen LogP contribution < -0.4 is 10.1 Å². The minimum Gasteiger partial charge on any atom is -0.436 e. The number of alkyl halides is 4. The molecule has 9 nitrogen and oxygen atoms in total. The molecule has 2 aromatic heterocycles. The number of hydrogen-bond donors (Lipinski definition) is 2. The van der Waals surface area contributed by atoms with Crippen LogP contribution in [0.4, 0.5) is 23.2 Å². The summed E-state index contributed by atoms with van der Waals surface area (Å²) < 4.78 is 65.4. The van der Waals surface area contributed by atoms with Gasteiger partial charge in [-0.05, 0) is 68.0 Å². The highest BCUT2D eigenvalue weighted by atomic mass is 35.5. The number of aromatic nitrogens is 3. The number of nitrogens with zero attached hydrogens (tertiary/aromatic N) is 4. The predicted molar refractivity (Wildman–Crippen MR) is 189 cm³/mol. The van der Waals surface area contributed by atoms with Gasteiger partial charge < -0.3 is 24.1 Å². The van der Waals surface area contributed by atoms with Gasteiger partial charge >= 0.3 is 6.61 Å². The number of fused-ring (bicyclic) bond motifs is 2. The molecule has 0 saturated heterocycles. The van der Waals surface area contributed by atoms with Gasteiger partial charge in [0.2, 0.25) is 11.8 Å². The summed E-state index contributed by atoms with van der Waals surface area (Å²) in [7, 11) is 1.83. The molecule has 5 aromatic rings. The number of amides is 1. The van der Waals surface area contributed by atoms with Gasteiger partial charge in [0, 0.05) is 67.9 Å². The maximum Gasteiger partial charge on any atom is 0.387 e. The van der Waals surface area contributed by atoms with E-state index in [1.165, 1.54) is 12.1 Å². The van der Waals surface area contributed by atoms with Crippen molar-refractivity contribution in [2.24, 2.45) is 13.0 Å². The maximum atomic E-state index is 13.6. The first-order valence-corrected chi connectivity index (χ1v) is 17.6. The summed E-state index contributed by atoms with van der Waals surface area (Å²) in [6, 6.07) is 13.6. The second kappa shape index (κ2) is 14.5. The molecule has 1 aliphatic heterocycles. The third-order valence-electron chi connectivity index (χ3n) is 10.3. The molecule has 1 aliphatic carbocycles. The van der Waals surface area contributed by atoms with Crippen molar-refractivity contribution in [1.29, 1.82) is 0 Å². The van der Waals surface area contributed by atoms with Crippen molar-refractivity contribution in [2.75, 3.05) is 18.4 Å². The summed E-state index contributed by atoms with van der Waals surface area (Å²) >= 11 is 6.95. The molecule has 2 N–H and O–H groups in total. The molecule has 0 radical (unpaired) electrons. The molecule has 2 aliphatic rings. The Kier molecular flexibility index (Phi) is 10.0. The zero-order valence-corrected chi connectivity index (χ0v) is 29.5. The summed E-state index contributed by atoms with van der Waals surface area (Å²) in [6.07, 6.45) is 2.67. The second-order valence-corrected chi connectivity index (χ2v) is 14.0. The number of imidazole rings is 1. The standard InChI is InChI=1S/C38H38ClF4N5O4/c1-21-24(5-3-6-25(21)36-46-28-17-23(20-49)31(52-37(40)41)18-32(28)51-36)26-7-4-8-27(33(26)39)45-35(50)34-44-29-19-48(16-12-30(29)47(34)2)15-11-22-9-13-38(42,43)14-10-22/h3-8,17-18,22,37,49H,9-16,19-20H2,1-2H3,(H,45,50). The number of rotatable bonds is 10. The first-order chi connectivity index (χ1) is 24.9. The lowest BCUT2D eigenvalue weighted by atomic mass is 9.84. The smallest absolute Gasteiger partial charge is 0.387 e. The third-order valence-corrected chi connectivity index (χ3v) is 10.7. The molecule has 1 fully saturated rings. The Morgan fingerprint density at radius 2 is 1.85 bits per heavy atom. The van der Waals surface area contributed by atoms with Crippen LogP contribution in [0.1, 0.15) is 65.2 Å². The molecule has 0 bridgehead atoms. The normalized spacial score (nSPS) is 16.4. The molecule has 0 unspecified atom stereocenters. The Labute approximate surface area is 302 Å². The largest absolute Gasteiger partial charge is 0.436 e. The van der Waals surface area contributed by atoms with E-state index >= 15 is 0 Å². The van der Waals surface area contributed by atoms with Gasteiger partial charge in [0.15, 0.2) is 11.4 Å². The number of benzene rings is 3. The van der Waals surface area contributed by atoms with E-state index in [-0.39, 0.29) is 41.5 Å². The fraction of sp³-hybridized carbons (Fsp3) is 0.395. The summed E-state index contributed by atoms with van der Waals surface area (Å²) in [5.74, 6) is -2.30. The number of halogens is 5. The molecule has 1 saturated carbocycles. The van der Waals surface area contributed by atoms with Gasteiger partial charge in [0.1, 0.15) is 11.3 Å². The lowest BCUT2D eigenvalue weighted by Crippen LogP contribution is -2.34. The summed E-state index contributed by atoms with van der Waals surface area (Å²) in [4.78, 5) is 25.2. The number of oxazole rings is 1. The van der Waals surface area contributed by atoms with Gasteiger partial charge in [-0.1, -0.05) is 35.9 Å². The monoisotopic (exact) mass is 739 g/mol. The number of hydrogen-bond acceptors (Lipinski definition) is 7. The molecule has 0 atom stereocenters. The molecule has 1 amide bonds. The SMILES string of the molecule is Cc1c(-c2nc3cc(CO)c(OC(F)F)cc3o2)cccc1-c1cccc(NC(=O)c2nc3c(n2C)CCN(CCC2CCC(F)(F)CC2)C3)c1Cl. The van der Waals surface area contributed by atoms with Crippen LogP contribution in [0, 0.1) is 12.8 Å². The van der Waals surface area contributed by atoms with Crippen molar-refractivity contribution < 1.29 is 36.6 Å². The van der Waals surface area contributed by atoms with E-state index in [0.717, 1.165) is 48.4 Å². The van der Waals surface area contributed by atoms with Crippen molar-refractivity contribution in [3.05, 3.63) is 81.9 Å². The zero-order chi connectivity index (χ0) is 36.7. The van der Waals surface area contributed by atoms with Gasteiger partial charge in [-0.2, -0.15) is 8.78 Å². The van der Waals surface area contributed by atoms with Gasteiger partial charge in [-0.3, -0.25) is 9.69 Å². The fourth-order valence-electron chi connectivity index (χ4n) is 7.35. The van der Waals surface area contributed by atoms with E-state index < -0.39 is 25.0 Å². The third kappa shape index (κ3) is 7.26. The van der Waals surface area contributed by atoms with E-state index in [2.05, 4.69) is 19.9 Å². The van der Waals surface area contributed by atoms with Crippen molar-refractivity contribution in [3.63, 3.8) is 0 Å². The average molecular weight is 740 g/mol. The number of nitrogens with one attached hydrogen (secondary N) is 1. The highest BCUT2D eigenvalue weighted by molar-refractivity contribution is 6.36. The van der Waals surface area contributed by atoms with Gasteiger partial charge in [-0.15, -0.1) is 0 Å². The number of carbonyl (C=O) groups is 1. The van der Waals surface area contributed by atoms with E-state index in [1.807, 2.05) is 42.8 Å². The van der Waals surface area contributed by atoms with E-state index in [0.29, 0.717) is 52.7 Å². The maximum absolute atomic E-state index is 13.6. The van der Waals surface area contributed by atoms with Crippen LogP contribution in [0.3, 0.4) is 0 Å². The number of aliphatic hydroxyl groups is 1. The van der Waals surface area contributed by atoms with Crippen LogP contribution in [0.2, 0.25) is 5.02 Å². The number of carbonyl (C=O) groups excluding carboxylic acids is 1. The van der Waals surface area contributed by atoms with Crippen LogP contribution >= 0.6 is 11.6 Å². The minimum absolute atomic E-state index is 0.0290. The molecule has 52 heavy (non-hydrogen) atoms. The molecular formula is C38H38ClF4N5O4. The van der Waals surface area contributed by atoms with Gasteiger partial charge in [-0.25, -0.2) is 18.7 Å². The first kappa shape index (κ1) is 35.9. The first-order valence-electron chi connectivity index (χ1n) is 17.2. The van der Waals surface area contributed by atoms with Crippen LogP contribution in [0.5, 0.6) is 5.75 Å². The molecule has 0 spiro atoms. The highest BCUT2D eigenvalue weighted by Crippen LogP contribution is 2.40. The van der Waals surface area contributed by atoms with Crippen molar-refractivity contribution in [2.45, 2.75) is 71.1 Å². The summed E-state index contributed by atoms with van der Waals surface area (Å²) in [5.41, 5.74) is 5.79. The lowest BCUT2D eigenvalue weighted by Gasteiger charge is -2.31. The minimum atomic E-state index is -3.07. The quantitative estimate of drug-likeness (QED) is 0.138. The fourth-order valence-corrected chi connectivity index (χ4v) is 7.62. The Morgan fingerprint density at radius 1 is 1.12 bits per heavy atom. The van der Waals surface area contributed by atoms with Gasteiger partial charge in [0.05, 0.1) is 23.0 Å². The van der Waals surface area contributed by atoms with E-state index in [4.69, 9.17) is 21.0 Å². The number of anilines is 1. The zero-order valence-electron chi connectivity index (χ0n) is 28.7. The molecule has 14 heteroatoms. The molecule has 7 rings (SSSR count). The van der Waals surface area contributed by atoms with Crippen LogP contribution in [0.25, 0.3) is 33.7 Å². The Morgan fingerprint density at radius 3 is 2.60 bits per heavy atom. The van der Waals surface area contributed by atoms with E-state index in [9.17, 15) is 27.5 Å². The topological polar surface area (TPSA) is 106 Å².